The minimum absolute atomic E-state index is 0.0156. The Bertz CT molecular complexity index is 682. The van der Waals surface area contributed by atoms with Crippen molar-refractivity contribution in [2.24, 2.45) is 0 Å². The highest BCUT2D eigenvalue weighted by atomic mass is 32.1. The first-order chi connectivity index (χ1) is 11.2. The lowest BCUT2D eigenvalue weighted by Gasteiger charge is -2.26. The van der Waals surface area contributed by atoms with Gasteiger partial charge in [-0.1, -0.05) is 30.3 Å². The first kappa shape index (κ1) is 15.7. The van der Waals surface area contributed by atoms with Crippen LogP contribution < -0.4 is 10.6 Å². The number of hydrogen-bond donors (Lipinski definition) is 2. The second-order valence-electron chi connectivity index (χ2n) is 5.69. The van der Waals surface area contributed by atoms with E-state index in [2.05, 4.69) is 22.8 Å². The van der Waals surface area contributed by atoms with Crippen LogP contribution in [0.1, 0.15) is 46.1 Å². The number of fused-ring (bicyclic) bond motifs is 1. The lowest BCUT2D eigenvalue weighted by Crippen LogP contribution is -2.34. The summed E-state index contributed by atoms with van der Waals surface area (Å²) in [6.07, 6.45) is 3.45. The van der Waals surface area contributed by atoms with Crippen molar-refractivity contribution >= 4 is 23.2 Å². The zero-order chi connectivity index (χ0) is 16.1. The highest BCUT2D eigenvalue weighted by molar-refractivity contribution is 7.12. The van der Waals surface area contributed by atoms with E-state index in [4.69, 9.17) is 0 Å². The Labute approximate surface area is 139 Å². The van der Waals surface area contributed by atoms with Crippen LogP contribution in [-0.4, -0.2) is 18.4 Å². The van der Waals surface area contributed by atoms with E-state index in [0.29, 0.717) is 17.8 Å². The molecule has 2 amide bonds. The van der Waals surface area contributed by atoms with Gasteiger partial charge in [-0.25, -0.2) is 0 Å². The summed E-state index contributed by atoms with van der Waals surface area (Å²) in [5, 5.41) is 7.74. The van der Waals surface area contributed by atoms with Crippen molar-refractivity contribution in [2.75, 3.05) is 6.54 Å². The molecular formula is C18H20N2O2S. The van der Waals surface area contributed by atoms with Crippen molar-refractivity contribution in [2.45, 2.75) is 31.7 Å². The van der Waals surface area contributed by atoms with Crippen LogP contribution >= 0.6 is 11.3 Å². The number of benzene rings is 1. The highest BCUT2D eigenvalue weighted by Crippen LogP contribution is 2.29. The zero-order valence-corrected chi connectivity index (χ0v) is 13.7. The van der Waals surface area contributed by atoms with Crippen molar-refractivity contribution in [1.82, 2.24) is 10.6 Å². The fourth-order valence-corrected chi connectivity index (χ4v) is 3.59. The van der Waals surface area contributed by atoms with Crippen LogP contribution in [0, 0.1) is 0 Å². The van der Waals surface area contributed by atoms with E-state index in [1.165, 1.54) is 22.5 Å². The Balaban J connectivity index is 1.48. The van der Waals surface area contributed by atoms with Gasteiger partial charge in [0.15, 0.2) is 0 Å². The molecule has 1 aliphatic rings. The van der Waals surface area contributed by atoms with Crippen LogP contribution in [0.3, 0.4) is 0 Å². The molecule has 23 heavy (non-hydrogen) atoms. The van der Waals surface area contributed by atoms with E-state index < -0.39 is 0 Å². The molecule has 0 radical (unpaired) electrons. The smallest absolute Gasteiger partial charge is 0.261 e. The maximum atomic E-state index is 12.1. The van der Waals surface area contributed by atoms with E-state index in [9.17, 15) is 9.59 Å². The quantitative estimate of drug-likeness (QED) is 0.886. The SMILES string of the molecule is O=C(CCNC(=O)c1cccs1)N[C@H]1CCCc2ccccc21. The minimum Gasteiger partial charge on any atom is -0.351 e. The molecular weight excluding hydrogens is 308 g/mol. The van der Waals surface area contributed by atoms with Crippen LogP contribution in [0.15, 0.2) is 41.8 Å². The normalized spacial score (nSPS) is 16.4. The van der Waals surface area contributed by atoms with E-state index in [1.807, 2.05) is 23.6 Å². The van der Waals surface area contributed by atoms with E-state index in [1.54, 1.807) is 6.07 Å². The molecule has 0 fully saturated rings. The molecule has 0 unspecified atom stereocenters. The Morgan fingerprint density at radius 2 is 2.04 bits per heavy atom. The topological polar surface area (TPSA) is 58.2 Å². The van der Waals surface area contributed by atoms with Gasteiger partial charge < -0.3 is 10.6 Å². The third kappa shape index (κ3) is 3.99. The van der Waals surface area contributed by atoms with Crippen molar-refractivity contribution in [3.8, 4) is 0 Å². The molecule has 1 aromatic heterocycles. The van der Waals surface area contributed by atoms with E-state index >= 15 is 0 Å². The van der Waals surface area contributed by atoms with Crippen molar-refractivity contribution < 1.29 is 9.59 Å². The molecule has 120 valence electrons. The van der Waals surface area contributed by atoms with Gasteiger partial charge in [0.05, 0.1) is 10.9 Å². The third-order valence-corrected chi connectivity index (χ3v) is 4.96. The summed E-state index contributed by atoms with van der Waals surface area (Å²) < 4.78 is 0. The summed E-state index contributed by atoms with van der Waals surface area (Å²) >= 11 is 1.40. The van der Waals surface area contributed by atoms with Crippen LogP contribution in [0.2, 0.25) is 0 Å². The average molecular weight is 328 g/mol. The Kier molecular flexibility index (Phi) is 5.08. The van der Waals surface area contributed by atoms with Crippen molar-refractivity contribution in [3.05, 3.63) is 57.8 Å². The van der Waals surface area contributed by atoms with Crippen LogP contribution in [0.5, 0.6) is 0 Å². The number of carbonyl (C=O) groups excluding carboxylic acids is 2. The lowest BCUT2D eigenvalue weighted by atomic mass is 9.88. The molecule has 0 spiro atoms. The minimum atomic E-state index is -0.115. The summed E-state index contributed by atoms with van der Waals surface area (Å²) in [6.45, 7) is 0.358. The summed E-state index contributed by atoms with van der Waals surface area (Å²) in [7, 11) is 0. The van der Waals surface area contributed by atoms with E-state index in [-0.39, 0.29) is 17.9 Å². The fourth-order valence-electron chi connectivity index (χ4n) is 2.95. The molecule has 1 aliphatic carbocycles. The van der Waals surface area contributed by atoms with Gasteiger partial charge in [-0.15, -0.1) is 11.3 Å². The maximum Gasteiger partial charge on any atom is 0.261 e. The van der Waals surface area contributed by atoms with Gasteiger partial charge >= 0.3 is 0 Å². The average Bonchev–Trinajstić information content (AvgIpc) is 3.10. The number of nitrogens with one attached hydrogen (secondary N) is 2. The maximum absolute atomic E-state index is 12.1. The molecule has 2 N–H and O–H groups in total. The number of carbonyl (C=O) groups is 2. The predicted molar refractivity (Wildman–Crippen MR) is 91.5 cm³/mol. The number of hydrogen-bond acceptors (Lipinski definition) is 3. The number of rotatable bonds is 5. The summed E-state index contributed by atoms with van der Waals surface area (Å²) in [6, 6.07) is 12.0. The Morgan fingerprint density at radius 3 is 2.87 bits per heavy atom. The van der Waals surface area contributed by atoms with Gasteiger partial charge in [0, 0.05) is 13.0 Å². The largest absolute Gasteiger partial charge is 0.351 e. The summed E-state index contributed by atoms with van der Waals surface area (Å²) in [4.78, 5) is 24.6. The molecule has 3 rings (SSSR count). The van der Waals surface area contributed by atoms with Gasteiger partial charge in [0.25, 0.3) is 5.91 Å². The third-order valence-electron chi connectivity index (χ3n) is 4.09. The van der Waals surface area contributed by atoms with Gasteiger partial charge in [-0.3, -0.25) is 9.59 Å². The standard InChI is InChI=1S/C18H20N2O2S/c21-17(10-11-19-18(22)16-9-4-12-23-16)20-15-8-3-6-13-5-1-2-7-14(13)15/h1-2,4-5,7,9,12,15H,3,6,8,10-11H2,(H,19,22)(H,20,21)/t15-/m0/s1. The monoisotopic (exact) mass is 328 g/mol. The fraction of sp³-hybridized carbons (Fsp3) is 0.333. The molecule has 0 aliphatic heterocycles. The molecule has 0 saturated heterocycles. The van der Waals surface area contributed by atoms with Gasteiger partial charge in [0.2, 0.25) is 5.91 Å². The molecule has 4 nitrogen and oxygen atoms in total. The molecule has 2 aromatic rings. The second kappa shape index (κ2) is 7.42. The summed E-state index contributed by atoms with van der Waals surface area (Å²) in [5.41, 5.74) is 2.56. The second-order valence-corrected chi connectivity index (χ2v) is 6.64. The van der Waals surface area contributed by atoms with Gasteiger partial charge in [-0.05, 0) is 41.8 Å². The lowest BCUT2D eigenvalue weighted by molar-refractivity contribution is -0.121. The highest BCUT2D eigenvalue weighted by Gasteiger charge is 2.21. The number of aryl methyl sites for hydroxylation is 1. The van der Waals surface area contributed by atoms with Crippen LogP contribution in [0.25, 0.3) is 0 Å². The Morgan fingerprint density at radius 1 is 1.17 bits per heavy atom. The molecule has 1 aromatic carbocycles. The molecule has 1 atom stereocenters. The van der Waals surface area contributed by atoms with Gasteiger partial charge in [-0.2, -0.15) is 0 Å². The number of thiophene rings is 1. The summed E-state index contributed by atoms with van der Waals surface area (Å²) in [5.74, 6) is -0.131. The Hall–Kier alpha value is -2.14. The van der Waals surface area contributed by atoms with Crippen molar-refractivity contribution in [1.29, 1.82) is 0 Å². The van der Waals surface area contributed by atoms with E-state index in [0.717, 1.165) is 19.3 Å². The zero-order valence-electron chi connectivity index (χ0n) is 12.9. The van der Waals surface area contributed by atoms with Crippen molar-refractivity contribution in [3.63, 3.8) is 0 Å². The first-order valence-electron chi connectivity index (χ1n) is 7.93. The van der Waals surface area contributed by atoms with Gasteiger partial charge in [0.1, 0.15) is 0 Å². The predicted octanol–water partition coefficient (Wildman–Crippen LogP) is 3.06. The van der Waals surface area contributed by atoms with Crippen LogP contribution in [-0.2, 0) is 11.2 Å². The molecule has 5 heteroatoms. The number of amides is 2. The molecule has 0 bridgehead atoms. The molecule has 0 saturated carbocycles. The van der Waals surface area contributed by atoms with Crippen LogP contribution in [0.4, 0.5) is 0 Å². The molecule has 1 heterocycles. The first-order valence-corrected chi connectivity index (χ1v) is 8.81.